The standard InChI is InChI=1S/C20H36N4O5/c1-6-12(4)10-14(20(28)29)22-18(26)15-8-7-9-24(15)19(27)16(11(2)3)23-17(25)13(5)21/h11-16H,6-10,21H2,1-5H3,(H,22,26)(H,23,25)(H,28,29)/t12?,13-,14-,15-,16-/m0/s1. The highest BCUT2D eigenvalue weighted by molar-refractivity contribution is 5.94. The number of carbonyl (C=O) groups is 4. The molecule has 0 saturated carbocycles. The molecule has 0 aromatic rings. The molecular weight excluding hydrogens is 376 g/mol. The Morgan fingerprint density at radius 2 is 1.76 bits per heavy atom. The third-order valence-electron chi connectivity index (χ3n) is 5.43. The molecule has 9 heteroatoms. The highest BCUT2D eigenvalue weighted by Crippen LogP contribution is 2.21. The van der Waals surface area contributed by atoms with Crippen LogP contribution in [0.25, 0.3) is 0 Å². The summed E-state index contributed by atoms with van der Waals surface area (Å²) in [6.07, 6.45) is 2.23. The fourth-order valence-electron chi connectivity index (χ4n) is 3.34. The van der Waals surface area contributed by atoms with E-state index in [4.69, 9.17) is 5.73 Å². The molecule has 1 unspecified atom stereocenters. The maximum absolute atomic E-state index is 13.1. The lowest BCUT2D eigenvalue weighted by Gasteiger charge is -2.31. The summed E-state index contributed by atoms with van der Waals surface area (Å²) in [5.41, 5.74) is 5.59. The van der Waals surface area contributed by atoms with Gasteiger partial charge >= 0.3 is 5.97 Å². The van der Waals surface area contributed by atoms with E-state index >= 15 is 0 Å². The minimum atomic E-state index is -1.08. The van der Waals surface area contributed by atoms with Crippen molar-refractivity contribution in [2.24, 2.45) is 17.6 Å². The lowest BCUT2D eigenvalue weighted by Crippen LogP contribution is -2.58. The molecule has 5 N–H and O–H groups in total. The summed E-state index contributed by atoms with van der Waals surface area (Å²) in [5.74, 6) is -2.37. The summed E-state index contributed by atoms with van der Waals surface area (Å²) in [4.78, 5) is 50.9. The Hall–Kier alpha value is -2.16. The van der Waals surface area contributed by atoms with Gasteiger partial charge in [0.05, 0.1) is 6.04 Å². The maximum Gasteiger partial charge on any atom is 0.326 e. The van der Waals surface area contributed by atoms with Crippen LogP contribution >= 0.6 is 0 Å². The van der Waals surface area contributed by atoms with Crippen LogP contribution in [0, 0.1) is 11.8 Å². The maximum atomic E-state index is 13.1. The number of rotatable bonds is 10. The van der Waals surface area contributed by atoms with Crippen LogP contribution in [-0.4, -0.2) is 64.4 Å². The summed E-state index contributed by atoms with van der Waals surface area (Å²) in [6, 6.07) is -3.28. The second-order valence-electron chi connectivity index (χ2n) is 8.36. The van der Waals surface area contributed by atoms with Gasteiger partial charge in [-0.3, -0.25) is 14.4 Å². The van der Waals surface area contributed by atoms with E-state index < -0.39 is 42.0 Å². The molecule has 1 saturated heterocycles. The third-order valence-corrected chi connectivity index (χ3v) is 5.43. The monoisotopic (exact) mass is 412 g/mol. The first-order chi connectivity index (χ1) is 13.5. The number of nitrogens with one attached hydrogen (secondary N) is 2. The van der Waals surface area contributed by atoms with Gasteiger partial charge in [-0.05, 0) is 38.0 Å². The molecule has 0 aromatic heterocycles. The van der Waals surface area contributed by atoms with E-state index in [1.165, 1.54) is 11.8 Å². The number of amides is 3. The lowest BCUT2D eigenvalue weighted by atomic mass is 9.98. The fourth-order valence-corrected chi connectivity index (χ4v) is 3.34. The second kappa shape index (κ2) is 11.1. The Balaban J connectivity index is 2.91. The lowest BCUT2D eigenvalue weighted by molar-refractivity contribution is -0.145. The zero-order valence-corrected chi connectivity index (χ0v) is 18.1. The quantitative estimate of drug-likeness (QED) is 0.411. The van der Waals surface area contributed by atoms with Crippen LogP contribution in [0.4, 0.5) is 0 Å². The molecule has 1 fully saturated rings. The van der Waals surface area contributed by atoms with Crippen LogP contribution in [0.15, 0.2) is 0 Å². The van der Waals surface area contributed by atoms with E-state index in [2.05, 4.69) is 10.6 Å². The largest absolute Gasteiger partial charge is 0.480 e. The zero-order chi connectivity index (χ0) is 22.3. The molecule has 0 radical (unpaired) electrons. The summed E-state index contributed by atoms with van der Waals surface area (Å²) >= 11 is 0. The molecule has 1 rings (SSSR count). The molecule has 1 aliphatic heterocycles. The Bertz CT molecular complexity index is 608. The van der Waals surface area contributed by atoms with Gasteiger partial charge in [0.2, 0.25) is 17.7 Å². The summed E-state index contributed by atoms with van der Waals surface area (Å²) in [6.45, 7) is 9.43. The smallest absolute Gasteiger partial charge is 0.326 e. The Kier molecular flexibility index (Phi) is 9.55. The van der Waals surface area contributed by atoms with Crippen molar-refractivity contribution in [2.75, 3.05) is 6.54 Å². The average Bonchev–Trinajstić information content (AvgIpc) is 3.13. The minimum Gasteiger partial charge on any atom is -0.480 e. The topological polar surface area (TPSA) is 142 Å². The van der Waals surface area contributed by atoms with E-state index in [9.17, 15) is 24.3 Å². The summed E-state index contributed by atoms with van der Waals surface area (Å²) in [7, 11) is 0. The van der Waals surface area contributed by atoms with Crippen molar-refractivity contribution in [1.82, 2.24) is 15.5 Å². The first-order valence-electron chi connectivity index (χ1n) is 10.4. The van der Waals surface area contributed by atoms with Crippen molar-refractivity contribution in [2.45, 2.75) is 84.5 Å². The van der Waals surface area contributed by atoms with Gasteiger partial charge in [-0.25, -0.2) is 4.79 Å². The molecule has 0 aromatic carbocycles. The SMILES string of the molecule is CCC(C)C[C@H](NC(=O)[C@@H]1CCCN1C(=O)[C@@H](NC(=O)[C@H](C)N)C(C)C)C(=O)O. The minimum absolute atomic E-state index is 0.150. The molecule has 29 heavy (non-hydrogen) atoms. The Morgan fingerprint density at radius 3 is 2.24 bits per heavy atom. The van der Waals surface area contributed by atoms with Gasteiger partial charge in [0.1, 0.15) is 18.1 Å². The number of carboxylic acids is 1. The van der Waals surface area contributed by atoms with Crippen LogP contribution in [0.2, 0.25) is 0 Å². The molecule has 5 atom stereocenters. The number of aliphatic carboxylic acids is 1. The van der Waals surface area contributed by atoms with Gasteiger partial charge in [0, 0.05) is 6.54 Å². The van der Waals surface area contributed by atoms with Crippen molar-refractivity contribution in [3.63, 3.8) is 0 Å². The van der Waals surface area contributed by atoms with E-state index in [0.717, 1.165) is 6.42 Å². The normalized spacial score (nSPS) is 20.7. The Morgan fingerprint density at radius 1 is 1.14 bits per heavy atom. The molecule has 1 heterocycles. The number of nitrogens with zero attached hydrogens (tertiary/aromatic N) is 1. The molecule has 0 spiro atoms. The molecule has 0 bridgehead atoms. The summed E-state index contributed by atoms with van der Waals surface area (Å²) in [5, 5.41) is 14.7. The molecule has 1 aliphatic rings. The van der Waals surface area contributed by atoms with Crippen molar-refractivity contribution in [3.8, 4) is 0 Å². The summed E-state index contributed by atoms with van der Waals surface area (Å²) < 4.78 is 0. The first kappa shape index (κ1) is 24.9. The van der Waals surface area contributed by atoms with Gasteiger partial charge < -0.3 is 26.4 Å². The van der Waals surface area contributed by atoms with Gasteiger partial charge in [0.25, 0.3) is 0 Å². The highest BCUT2D eigenvalue weighted by Gasteiger charge is 2.39. The molecular formula is C20H36N4O5. The van der Waals surface area contributed by atoms with Crippen LogP contribution in [0.5, 0.6) is 0 Å². The van der Waals surface area contributed by atoms with Gasteiger partial charge in [0.15, 0.2) is 0 Å². The van der Waals surface area contributed by atoms with E-state index in [1.807, 2.05) is 27.7 Å². The van der Waals surface area contributed by atoms with Crippen molar-refractivity contribution < 1.29 is 24.3 Å². The molecule has 3 amide bonds. The van der Waals surface area contributed by atoms with E-state index in [-0.39, 0.29) is 17.7 Å². The van der Waals surface area contributed by atoms with Crippen molar-refractivity contribution in [3.05, 3.63) is 0 Å². The number of likely N-dealkylation sites (tertiary alicyclic amines) is 1. The Labute approximate surface area is 172 Å². The second-order valence-corrected chi connectivity index (χ2v) is 8.36. The number of hydrogen-bond donors (Lipinski definition) is 4. The molecule has 0 aliphatic carbocycles. The van der Waals surface area contributed by atoms with Crippen LogP contribution < -0.4 is 16.4 Å². The van der Waals surface area contributed by atoms with Gasteiger partial charge in [-0.2, -0.15) is 0 Å². The predicted octanol–water partition coefficient (Wildman–Crippen LogP) is 0.471. The average molecular weight is 413 g/mol. The number of hydrogen-bond acceptors (Lipinski definition) is 5. The fraction of sp³-hybridized carbons (Fsp3) is 0.800. The number of nitrogens with two attached hydrogens (primary N) is 1. The molecule has 9 nitrogen and oxygen atoms in total. The van der Waals surface area contributed by atoms with Crippen LogP contribution in [0.3, 0.4) is 0 Å². The zero-order valence-electron chi connectivity index (χ0n) is 18.1. The number of carbonyl (C=O) groups excluding carboxylic acids is 3. The first-order valence-corrected chi connectivity index (χ1v) is 10.4. The predicted molar refractivity (Wildman–Crippen MR) is 109 cm³/mol. The van der Waals surface area contributed by atoms with Crippen LogP contribution in [0.1, 0.15) is 60.3 Å². The van der Waals surface area contributed by atoms with Gasteiger partial charge in [-0.15, -0.1) is 0 Å². The van der Waals surface area contributed by atoms with Gasteiger partial charge in [-0.1, -0.05) is 34.1 Å². The van der Waals surface area contributed by atoms with E-state index in [1.54, 1.807) is 0 Å². The van der Waals surface area contributed by atoms with Crippen LogP contribution in [-0.2, 0) is 19.2 Å². The molecule has 166 valence electrons. The highest BCUT2D eigenvalue weighted by atomic mass is 16.4. The van der Waals surface area contributed by atoms with Crippen molar-refractivity contribution >= 4 is 23.7 Å². The number of carboxylic acid groups (broad SMARTS) is 1. The third kappa shape index (κ3) is 6.99. The van der Waals surface area contributed by atoms with Crippen molar-refractivity contribution in [1.29, 1.82) is 0 Å². The van der Waals surface area contributed by atoms with E-state index in [0.29, 0.717) is 25.8 Å².